The fraction of sp³-hybridized carbons (Fsp3) is 0.222. The normalized spacial score (nSPS) is 9.71. The second-order valence-electron chi connectivity index (χ2n) is 4.76. The minimum Gasteiger partial charge on any atom is -0.497 e. The third-order valence-electron chi connectivity index (χ3n) is 3.22. The molecule has 0 aromatic heterocycles. The van der Waals surface area contributed by atoms with Gasteiger partial charge in [-0.2, -0.15) is 5.26 Å². The standard InChI is InChI=1S/C18H17NO5/c1-21-16-7-8-17(22-2)14(9-16)11-24-18(20)12-23-15-5-3-13(10-19)4-6-15/h3-9H,11-12H2,1-2H3. The van der Waals surface area contributed by atoms with Crippen LogP contribution in [0.5, 0.6) is 17.2 Å². The van der Waals surface area contributed by atoms with Gasteiger partial charge in [-0.25, -0.2) is 4.79 Å². The number of carbonyl (C=O) groups excluding carboxylic acids is 1. The van der Waals surface area contributed by atoms with Gasteiger partial charge in [0, 0.05) is 5.56 Å². The molecular formula is C18H17NO5. The Hall–Kier alpha value is -3.20. The lowest BCUT2D eigenvalue weighted by atomic mass is 10.2. The monoisotopic (exact) mass is 327 g/mol. The van der Waals surface area contributed by atoms with E-state index in [1.54, 1.807) is 56.7 Å². The predicted octanol–water partition coefficient (Wildman–Crippen LogP) is 2.70. The van der Waals surface area contributed by atoms with Gasteiger partial charge < -0.3 is 18.9 Å². The Morgan fingerprint density at radius 3 is 2.38 bits per heavy atom. The Balaban J connectivity index is 1.87. The third kappa shape index (κ3) is 4.65. The highest BCUT2D eigenvalue weighted by molar-refractivity contribution is 5.71. The van der Waals surface area contributed by atoms with Crippen molar-refractivity contribution in [2.75, 3.05) is 20.8 Å². The molecule has 0 amide bonds. The van der Waals surface area contributed by atoms with Gasteiger partial charge in [0.15, 0.2) is 6.61 Å². The van der Waals surface area contributed by atoms with Crippen LogP contribution in [0.1, 0.15) is 11.1 Å². The van der Waals surface area contributed by atoms with Gasteiger partial charge in [0.2, 0.25) is 0 Å². The van der Waals surface area contributed by atoms with Crippen LogP contribution >= 0.6 is 0 Å². The molecule has 0 spiro atoms. The van der Waals surface area contributed by atoms with Crippen LogP contribution in [0.2, 0.25) is 0 Å². The van der Waals surface area contributed by atoms with E-state index in [1.165, 1.54) is 0 Å². The molecule has 0 aliphatic rings. The molecule has 0 heterocycles. The van der Waals surface area contributed by atoms with Crippen molar-refractivity contribution in [3.63, 3.8) is 0 Å². The summed E-state index contributed by atoms with van der Waals surface area (Å²) < 4.78 is 20.9. The summed E-state index contributed by atoms with van der Waals surface area (Å²) in [5.41, 5.74) is 1.22. The number of esters is 1. The first-order valence-electron chi connectivity index (χ1n) is 7.15. The van der Waals surface area contributed by atoms with E-state index in [9.17, 15) is 4.79 Å². The highest BCUT2D eigenvalue weighted by Gasteiger charge is 2.09. The molecular weight excluding hydrogens is 310 g/mol. The number of hydrogen-bond acceptors (Lipinski definition) is 6. The summed E-state index contributed by atoms with van der Waals surface area (Å²) in [6.45, 7) is -0.172. The quantitative estimate of drug-likeness (QED) is 0.728. The van der Waals surface area contributed by atoms with Crippen LogP contribution in [-0.2, 0) is 16.1 Å². The molecule has 0 saturated carbocycles. The molecule has 0 aliphatic heterocycles. The van der Waals surface area contributed by atoms with Crippen LogP contribution in [0, 0.1) is 11.3 Å². The Bertz CT molecular complexity index is 734. The molecule has 0 saturated heterocycles. The van der Waals surface area contributed by atoms with Gasteiger partial charge in [0.25, 0.3) is 0 Å². The Morgan fingerprint density at radius 2 is 1.75 bits per heavy atom. The number of carbonyl (C=O) groups is 1. The lowest BCUT2D eigenvalue weighted by Crippen LogP contribution is -2.15. The fourth-order valence-corrected chi connectivity index (χ4v) is 1.96. The lowest BCUT2D eigenvalue weighted by molar-refractivity contribution is -0.147. The second kappa shape index (κ2) is 8.44. The van der Waals surface area contributed by atoms with E-state index >= 15 is 0 Å². The summed E-state index contributed by atoms with van der Waals surface area (Å²) in [6, 6.07) is 13.7. The van der Waals surface area contributed by atoms with E-state index < -0.39 is 5.97 Å². The molecule has 0 atom stereocenters. The Morgan fingerprint density at radius 1 is 1.04 bits per heavy atom. The van der Waals surface area contributed by atoms with Crippen molar-refractivity contribution in [3.05, 3.63) is 53.6 Å². The molecule has 0 radical (unpaired) electrons. The van der Waals surface area contributed by atoms with Crippen LogP contribution in [0.3, 0.4) is 0 Å². The van der Waals surface area contributed by atoms with Gasteiger partial charge in [0.1, 0.15) is 23.9 Å². The van der Waals surface area contributed by atoms with Gasteiger partial charge in [-0.15, -0.1) is 0 Å². The maximum absolute atomic E-state index is 11.8. The number of methoxy groups -OCH3 is 2. The number of nitrogens with zero attached hydrogens (tertiary/aromatic N) is 1. The summed E-state index contributed by atoms with van der Waals surface area (Å²) in [5, 5.41) is 8.72. The van der Waals surface area contributed by atoms with Gasteiger partial charge in [-0.1, -0.05) is 0 Å². The van der Waals surface area contributed by atoms with Crippen LogP contribution < -0.4 is 14.2 Å². The highest BCUT2D eigenvalue weighted by Crippen LogP contribution is 2.24. The lowest BCUT2D eigenvalue weighted by Gasteiger charge is -2.11. The van der Waals surface area contributed by atoms with E-state index in [1.807, 2.05) is 6.07 Å². The van der Waals surface area contributed by atoms with Gasteiger partial charge in [-0.3, -0.25) is 0 Å². The SMILES string of the molecule is COc1ccc(OC)c(COC(=O)COc2ccc(C#N)cc2)c1. The van der Waals surface area contributed by atoms with Crippen molar-refractivity contribution in [2.24, 2.45) is 0 Å². The molecule has 124 valence electrons. The molecule has 2 rings (SSSR count). The van der Waals surface area contributed by atoms with Crippen LogP contribution in [0.4, 0.5) is 0 Å². The van der Waals surface area contributed by atoms with Crippen LogP contribution in [-0.4, -0.2) is 26.8 Å². The van der Waals surface area contributed by atoms with E-state index in [4.69, 9.17) is 24.2 Å². The van der Waals surface area contributed by atoms with Crippen LogP contribution in [0.15, 0.2) is 42.5 Å². The molecule has 2 aromatic carbocycles. The van der Waals surface area contributed by atoms with Crippen molar-refractivity contribution in [2.45, 2.75) is 6.61 Å². The molecule has 2 aromatic rings. The average Bonchev–Trinajstić information content (AvgIpc) is 2.64. The van der Waals surface area contributed by atoms with Gasteiger partial charge >= 0.3 is 5.97 Å². The largest absolute Gasteiger partial charge is 0.497 e. The minimum absolute atomic E-state index is 0.0515. The molecule has 0 N–H and O–H groups in total. The first-order chi connectivity index (χ1) is 11.7. The predicted molar refractivity (Wildman–Crippen MR) is 86.0 cm³/mol. The Kier molecular flexibility index (Phi) is 6.03. The summed E-state index contributed by atoms with van der Waals surface area (Å²) in [5.74, 6) is 1.24. The summed E-state index contributed by atoms with van der Waals surface area (Å²) in [6.07, 6.45) is 0. The zero-order valence-electron chi connectivity index (χ0n) is 13.4. The number of benzene rings is 2. The van der Waals surface area contributed by atoms with Crippen molar-refractivity contribution in [1.29, 1.82) is 5.26 Å². The molecule has 6 nitrogen and oxygen atoms in total. The highest BCUT2D eigenvalue weighted by atomic mass is 16.6. The number of hydrogen-bond donors (Lipinski definition) is 0. The fourth-order valence-electron chi connectivity index (χ4n) is 1.96. The smallest absolute Gasteiger partial charge is 0.344 e. The van der Waals surface area contributed by atoms with E-state index in [2.05, 4.69) is 0 Å². The van der Waals surface area contributed by atoms with E-state index in [-0.39, 0.29) is 13.2 Å². The number of ether oxygens (including phenoxy) is 4. The topological polar surface area (TPSA) is 77.8 Å². The van der Waals surface area contributed by atoms with E-state index in [0.717, 1.165) is 0 Å². The summed E-state index contributed by atoms with van der Waals surface area (Å²) in [4.78, 5) is 11.8. The summed E-state index contributed by atoms with van der Waals surface area (Å²) >= 11 is 0. The number of rotatable bonds is 7. The molecule has 6 heteroatoms. The van der Waals surface area contributed by atoms with E-state index in [0.29, 0.717) is 28.4 Å². The maximum Gasteiger partial charge on any atom is 0.344 e. The molecule has 0 aliphatic carbocycles. The zero-order valence-corrected chi connectivity index (χ0v) is 13.4. The second-order valence-corrected chi connectivity index (χ2v) is 4.76. The molecule has 0 fully saturated rings. The number of nitriles is 1. The third-order valence-corrected chi connectivity index (χ3v) is 3.22. The zero-order chi connectivity index (χ0) is 17.4. The summed E-state index contributed by atoms with van der Waals surface area (Å²) in [7, 11) is 3.10. The molecule has 0 unspecified atom stereocenters. The van der Waals surface area contributed by atoms with Gasteiger partial charge in [-0.05, 0) is 42.5 Å². The minimum atomic E-state index is -0.510. The van der Waals surface area contributed by atoms with Crippen molar-refractivity contribution >= 4 is 5.97 Å². The van der Waals surface area contributed by atoms with Gasteiger partial charge in [0.05, 0.1) is 25.9 Å². The Labute approximate surface area is 140 Å². The first kappa shape index (κ1) is 17.2. The van der Waals surface area contributed by atoms with Crippen molar-refractivity contribution in [3.8, 4) is 23.3 Å². The molecule has 0 bridgehead atoms. The average molecular weight is 327 g/mol. The first-order valence-corrected chi connectivity index (χ1v) is 7.15. The molecule has 24 heavy (non-hydrogen) atoms. The van der Waals surface area contributed by atoms with Crippen molar-refractivity contribution in [1.82, 2.24) is 0 Å². The van der Waals surface area contributed by atoms with Crippen LogP contribution in [0.25, 0.3) is 0 Å². The maximum atomic E-state index is 11.8. The van der Waals surface area contributed by atoms with Crippen molar-refractivity contribution < 1.29 is 23.7 Å².